The highest BCUT2D eigenvalue weighted by atomic mass is 32.2. The molecule has 10 heteroatoms. The second-order valence-corrected chi connectivity index (χ2v) is 7.03. The molecule has 122 valence electrons. The molecule has 8 nitrogen and oxygen atoms in total. The maximum absolute atomic E-state index is 12.5. The number of carbonyl (C=O) groups is 1. The zero-order valence-electron chi connectivity index (χ0n) is 12.1. The van der Waals surface area contributed by atoms with Crippen molar-refractivity contribution in [2.45, 2.75) is 11.8 Å². The lowest BCUT2D eigenvalue weighted by atomic mass is 10.2. The molecule has 1 heterocycles. The van der Waals surface area contributed by atoms with Gasteiger partial charge in [-0.25, -0.2) is 13.2 Å². The highest BCUT2D eigenvalue weighted by molar-refractivity contribution is 7.93. The number of hydrogen-bond donors (Lipinski definition) is 1. The Balaban J connectivity index is 2.44. The second kappa shape index (κ2) is 6.34. The van der Waals surface area contributed by atoms with Gasteiger partial charge in [-0.05, 0) is 23.9 Å². The SMILES string of the molecule is COC(=O)c1sccc1S(=O)(=O)Nc1cc([N+](=O)[O-])ccc1C. The van der Waals surface area contributed by atoms with Crippen LogP contribution in [0.15, 0.2) is 34.5 Å². The van der Waals surface area contributed by atoms with Crippen LogP contribution in [0.1, 0.15) is 15.2 Å². The number of non-ortho nitro benzene ring substituents is 1. The Morgan fingerprint density at radius 2 is 2.04 bits per heavy atom. The number of rotatable bonds is 5. The van der Waals surface area contributed by atoms with Crippen molar-refractivity contribution in [3.05, 3.63) is 50.2 Å². The van der Waals surface area contributed by atoms with Crippen LogP contribution in [-0.2, 0) is 14.8 Å². The average molecular weight is 356 g/mol. The summed E-state index contributed by atoms with van der Waals surface area (Å²) in [7, 11) is -2.93. The van der Waals surface area contributed by atoms with E-state index in [0.717, 1.165) is 24.5 Å². The van der Waals surface area contributed by atoms with Gasteiger partial charge in [0, 0.05) is 12.1 Å². The summed E-state index contributed by atoms with van der Waals surface area (Å²) in [6.45, 7) is 1.61. The van der Waals surface area contributed by atoms with E-state index in [9.17, 15) is 23.3 Å². The van der Waals surface area contributed by atoms with Gasteiger partial charge in [-0.2, -0.15) is 0 Å². The summed E-state index contributed by atoms with van der Waals surface area (Å²) in [6, 6.07) is 5.10. The molecule has 0 aliphatic carbocycles. The highest BCUT2D eigenvalue weighted by Crippen LogP contribution is 2.28. The molecule has 0 fully saturated rings. The van der Waals surface area contributed by atoms with E-state index in [1.807, 2.05) is 0 Å². The van der Waals surface area contributed by atoms with E-state index in [2.05, 4.69) is 9.46 Å². The molecule has 23 heavy (non-hydrogen) atoms. The van der Waals surface area contributed by atoms with Crippen molar-refractivity contribution in [2.24, 2.45) is 0 Å². The van der Waals surface area contributed by atoms with Crippen LogP contribution in [0.5, 0.6) is 0 Å². The third kappa shape index (κ3) is 3.48. The van der Waals surface area contributed by atoms with Gasteiger partial charge in [0.2, 0.25) is 0 Å². The van der Waals surface area contributed by atoms with Gasteiger partial charge in [-0.1, -0.05) is 6.07 Å². The van der Waals surface area contributed by atoms with E-state index in [4.69, 9.17) is 0 Å². The Hall–Kier alpha value is -2.46. The molecule has 0 unspecified atom stereocenters. The van der Waals surface area contributed by atoms with Gasteiger partial charge < -0.3 is 4.74 Å². The van der Waals surface area contributed by atoms with Gasteiger partial charge in [0.25, 0.3) is 15.7 Å². The normalized spacial score (nSPS) is 11.0. The first-order chi connectivity index (χ1) is 10.8. The van der Waals surface area contributed by atoms with Crippen molar-refractivity contribution in [1.29, 1.82) is 0 Å². The molecule has 1 aromatic heterocycles. The van der Waals surface area contributed by atoms with Gasteiger partial charge in [0.05, 0.1) is 17.7 Å². The molecule has 1 N–H and O–H groups in total. The first-order valence-corrected chi connectivity index (χ1v) is 8.56. The predicted octanol–water partition coefficient (Wildman–Crippen LogP) is 2.55. The predicted molar refractivity (Wildman–Crippen MR) is 84.3 cm³/mol. The smallest absolute Gasteiger partial charge is 0.349 e. The number of ether oxygens (including phenoxy) is 1. The molecule has 0 aliphatic rings. The first kappa shape index (κ1) is 16.9. The molecule has 0 amide bonds. The average Bonchev–Trinajstić information content (AvgIpc) is 2.98. The molecule has 0 spiro atoms. The standard InChI is InChI=1S/C13H12N2O6S2/c1-8-3-4-9(15(17)18)7-10(8)14-23(19,20)11-5-6-22-12(11)13(16)21-2/h3-7,14H,1-2H3. The number of esters is 1. The first-order valence-electron chi connectivity index (χ1n) is 6.20. The second-order valence-electron chi connectivity index (χ2n) is 4.47. The van der Waals surface area contributed by atoms with Gasteiger partial charge in [0.1, 0.15) is 9.77 Å². The zero-order chi connectivity index (χ0) is 17.2. The van der Waals surface area contributed by atoms with Gasteiger partial charge in [-0.15, -0.1) is 11.3 Å². The molecule has 2 aromatic rings. The summed E-state index contributed by atoms with van der Waals surface area (Å²) in [5.41, 5.74) is 0.335. The number of nitrogens with zero attached hydrogens (tertiary/aromatic N) is 1. The third-order valence-electron chi connectivity index (χ3n) is 2.97. The van der Waals surface area contributed by atoms with Crippen molar-refractivity contribution in [1.82, 2.24) is 0 Å². The number of methoxy groups -OCH3 is 1. The number of nitro benzene ring substituents is 1. The largest absolute Gasteiger partial charge is 0.465 e. The van der Waals surface area contributed by atoms with Crippen LogP contribution >= 0.6 is 11.3 Å². The molecule has 0 saturated carbocycles. The zero-order valence-corrected chi connectivity index (χ0v) is 13.7. The van der Waals surface area contributed by atoms with E-state index in [-0.39, 0.29) is 21.1 Å². The minimum absolute atomic E-state index is 0.0666. The number of benzene rings is 1. The summed E-state index contributed by atoms with van der Waals surface area (Å²) >= 11 is 0.930. The molecule has 1 aromatic carbocycles. The van der Waals surface area contributed by atoms with E-state index in [0.29, 0.717) is 5.56 Å². The van der Waals surface area contributed by atoms with Crippen molar-refractivity contribution < 1.29 is 22.9 Å². The van der Waals surface area contributed by atoms with Gasteiger partial charge in [-0.3, -0.25) is 14.8 Å². The number of nitrogens with one attached hydrogen (secondary N) is 1. The van der Waals surface area contributed by atoms with Crippen LogP contribution in [-0.4, -0.2) is 26.4 Å². The van der Waals surface area contributed by atoms with E-state index in [1.165, 1.54) is 23.6 Å². The minimum Gasteiger partial charge on any atom is -0.465 e. The molecular weight excluding hydrogens is 344 g/mol. The van der Waals surface area contributed by atoms with Crippen molar-refractivity contribution in [3.8, 4) is 0 Å². The monoisotopic (exact) mass is 356 g/mol. The Labute approximate surface area is 135 Å². The van der Waals surface area contributed by atoms with Crippen molar-refractivity contribution >= 4 is 38.7 Å². The number of hydrogen-bond acceptors (Lipinski definition) is 7. The molecule has 0 aliphatic heterocycles. The van der Waals surface area contributed by atoms with E-state index in [1.54, 1.807) is 6.92 Å². The quantitative estimate of drug-likeness (QED) is 0.500. The number of aryl methyl sites for hydroxylation is 1. The summed E-state index contributed by atoms with van der Waals surface area (Å²) < 4.78 is 31.7. The Bertz CT molecular complexity index is 872. The third-order valence-corrected chi connectivity index (χ3v) is 5.40. The number of carbonyl (C=O) groups excluding carboxylic acids is 1. The lowest BCUT2D eigenvalue weighted by molar-refractivity contribution is -0.384. The number of nitro groups is 1. The Kier molecular flexibility index (Phi) is 4.66. The van der Waals surface area contributed by atoms with Crippen LogP contribution < -0.4 is 4.72 Å². The van der Waals surface area contributed by atoms with Crippen LogP contribution in [0.2, 0.25) is 0 Å². The van der Waals surface area contributed by atoms with Crippen LogP contribution in [0.3, 0.4) is 0 Å². The number of anilines is 1. The van der Waals surface area contributed by atoms with Crippen molar-refractivity contribution in [3.63, 3.8) is 0 Å². The van der Waals surface area contributed by atoms with E-state index >= 15 is 0 Å². The van der Waals surface area contributed by atoms with Crippen molar-refractivity contribution in [2.75, 3.05) is 11.8 Å². The molecule has 0 atom stereocenters. The van der Waals surface area contributed by atoms with Crippen LogP contribution in [0, 0.1) is 17.0 Å². The maximum Gasteiger partial charge on any atom is 0.349 e. The summed E-state index contributed by atoms with van der Waals surface area (Å²) in [6.07, 6.45) is 0. The maximum atomic E-state index is 12.5. The fourth-order valence-electron chi connectivity index (χ4n) is 1.78. The lowest BCUT2D eigenvalue weighted by Gasteiger charge is -2.10. The van der Waals surface area contributed by atoms with Gasteiger partial charge in [0.15, 0.2) is 0 Å². The van der Waals surface area contributed by atoms with Crippen LogP contribution in [0.4, 0.5) is 11.4 Å². The molecule has 0 saturated heterocycles. The summed E-state index contributed by atoms with van der Waals surface area (Å²) in [4.78, 5) is 21.5. The molecule has 0 bridgehead atoms. The topological polar surface area (TPSA) is 116 Å². The number of sulfonamides is 1. The summed E-state index contributed by atoms with van der Waals surface area (Å²) in [5, 5.41) is 12.3. The lowest BCUT2D eigenvalue weighted by Crippen LogP contribution is -2.16. The fourth-order valence-corrected chi connectivity index (χ4v) is 4.24. The van der Waals surface area contributed by atoms with Gasteiger partial charge >= 0.3 is 5.97 Å². The molecule has 0 radical (unpaired) electrons. The number of thiophene rings is 1. The molecule has 2 rings (SSSR count). The minimum atomic E-state index is -4.08. The van der Waals surface area contributed by atoms with Crippen LogP contribution in [0.25, 0.3) is 0 Å². The fraction of sp³-hybridized carbons (Fsp3) is 0.154. The Morgan fingerprint density at radius 1 is 1.35 bits per heavy atom. The highest BCUT2D eigenvalue weighted by Gasteiger charge is 2.25. The molecular formula is C13H12N2O6S2. The summed E-state index contributed by atoms with van der Waals surface area (Å²) in [5.74, 6) is -0.767. The Morgan fingerprint density at radius 3 is 2.65 bits per heavy atom. The van der Waals surface area contributed by atoms with E-state index < -0.39 is 20.9 Å².